The first-order valence-electron chi connectivity index (χ1n) is 5.56. The molecule has 2 unspecified atom stereocenters. The first-order valence-corrected chi connectivity index (χ1v) is 5.56. The summed E-state index contributed by atoms with van der Waals surface area (Å²) in [6.07, 6.45) is 6.17. The number of hydrogen-bond acceptors (Lipinski definition) is 4. The van der Waals surface area contributed by atoms with Gasteiger partial charge in [-0.15, -0.1) is 0 Å². The summed E-state index contributed by atoms with van der Waals surface area (Å²) in [5.74, 6) is 0.434. The van der Waals surface area contributed by atoms with Gasteiger partial charge in [0.25, 0.3) is 5.91 Å². The highest BCUT2D eigenvalue weighted by Gasteiger charge is 2.22. The van der Waals surface area contributed by atoms with Crippen LogP contribution >= 0.6 is 0 Å². The van der Waals surface area contributed by atoms with Crippen molar-refractivity contribution in [2.24, 2.45) is 11.7 Å². The molecule has 1 heterocycles. The summed E-state index contributed by atoms with van der Waals surface area (Å²) in [5, 5.41) is 10.2. The van der Waals surface area contributed by atoms with E-state index >= 15 is 0 Å². The standard InChI is InChI=1S/C11H16N4O/c12-10-2-1-8(5-10)6-13-11(16)9-3-4-14-15-7-9/h3-4,7-8,10H,1-2,5-6,12H2,(H,13,16). The highest BCUT2D eigenvalue weighted by Crippen LogP contribution is 2.23. The third-order valence-corrected chi connectivity index (χ3v) is 2.98. The zero-order chi connectivity index (χ0) is 11.4. The van der Waals surface area contributed by atoms with Gasteiger partial charge in [0, 0.05) is 12.6 Å². The van der Waals surface area contributed by atoms with Crippen LogP contribution in [0.25, 0.3) is 0 Å². The average molecular weight is 220 g/mol. The quantitative estimate of drug-likeness (QED) is 0.769. The molecular formula is C11H16N4O. The van der Waals surface area contributed by atoms with E-state index in [9.17, 15) is 4.79 Å². The molecule has 2 atom stereocenters. The fraction of sp³-hybridized carbons (Fsp3) is 0.545. The maximum atomic E-state index is 11.7. The van der Waals surface area contributed by atoms with Crippen molar-refractivity contribution in [2.75, 3.05) is 6.54 Å². The van der Waals surface area contributed by atoms with E-state index in [1.54, 1.807) is 6.07 Å². The van der Waals surface area contributed by atoms with E-state index in [2.05, 4.69) is 15.5 Å². The lowest BCUT2D eigenvalue weighted by Crippen LogP contribution is -2.29. The van der Waals surface area contributed by atoms with Crippen LogP contribution in [0.3, 0.4) is 0 Å². The van der Waals surface area contributed by atoms with Crippen LogP contribution in [0.4, 0.5) is 0 Å². The van der Waals surface area contributed by atoms with Gasteiger partial charge < -0.3 is 11.1 Å². The topological polar surface area (TPSA) is 80.9 Å². The lowest BCUT2D eigenvalue weighted by molar-refractivity contribution is 0.0946. The Labute approximate surface area is 94.4 Å². The molecular weight excluding hydrogens is 204 g/mol. The van der Waals surface area contributed by atoms with Crippen molar-refractivity contribution in [1.29, 1.82) is 0 Å². The first-order chi connectivity index (χ1) is 7.75. The third kappa shape index (κ3) is 2.76. The number of amides is 1. The van der Waals surface area contributed by atoms with Crippen molar-refractivity contribution in [3.63, 3.8) is 0 Å². The monoisotopic (exact) mass is 220 g/mol. The van der Waals surface area contributed by atoms with Gasteiger partial charge >= 0.3 is 0 Å². The van der Waals surface area contributed by atoms with Gasteiger partial charge in [-0.1, -0.05) is 0 Å². The normalized spacial score (nSPS) is 24.3. The SMILES string of the molecule is NC1CCC(CNC(=O)c2ccnnc2)C1. The van der Waals surface area contributed by atoms with E-state index in [0.717, 1.165) is 19.3 Å². The molecule has 1 aromatic rings. The van der Waals surface area contributed by atoms with Crippen LogP contribution in [0.15, 0.2) is 18.5 Å². The van der Waals surface area contributed by atoms with E-state index < -0.39 is 0 Å². The minimum absolute atomic E-state index is 0.0876. The second-order valence-electron chi connectivity index (χ2n) is 4.28. The van der Waals surface area contributed by atoms with Gasteiger partial charge in [0.2, 0.25) is 0 Å². The van der Waals surface area contributed by atoms with E-state index in [-0.39, 0.29) is 5.91 Å². The molecule has 5 nitrogen and oxygen atoms in total. The van der Waals surface area contributed by atoms with Crippen LogP contribution < -0.4 is 11.1 Å². The Morgan fingerprint density at radius 1 is 1.50 bits per heavy atom. The highest BCUT2D eigenvalue weighted by molar-refractivity contribution is 5.93. The Hall–Kier alpha value is -1.49. The van der Waals surface area contributed by atoms with Gasteiger partial charge in [0.15, 0.2) is 0 Å². The molecule has 0 aliphatic heterocycles. The molecule has 0 aromatic carbocycles. The summed E-state index contributed by atoms with van der Waals surface area (Å²) >= 11 is 0. The Bertz CT molecular complexity index is 354. The van der Waals surface area contributed by atoms with Gasteiger partial charge in [0.05, 0.1) is 18.0 Å². The second-order valence-corrected chi connectivity index (χ2v) is 4.28. The summed E-state index contributed by atoms with van der Waals surface area (Å²) in [7, 11) is 0. The molecule has 2 rings (SSSR count). The smallest absolute Gasteiger partial charge is 0.252 e. The second kappa shape index (κ2) is 5.03. The third-order valence-electron chi connectivity index (χ3n) is 2.98. The molecule has 1 aliphatic carbocycles. The van der Waals surface area contributed by atoms with Crippen molar-refractivity contribution in [3.05, 3.63) is 24.0 Å². The molecule has 0 bridgehead atoms. The van der Waals surface area contributed by atoms with Crippen molar-refractivity contribution >= 4 is 5.91 Å². The minimum Gasteiger partial charge on any atom is -0.352 e. The average Bonchev–Trinajstić information content (AvgIpc) is 2.73. The minimum atomic E-state index is -0.0876. The zero-order valence-corrected chi connectivity index (χ0v) is 9.10. The molecule has 1 fully saturated rings. The van der Waals surface area contributed by atoms with Crippen molar-refractivity contribution in [1.82, 2.24) is 15.5 Å². The lowest BCUT2D eigenvalue weighted by atomic mass is 10.1. The Kier molecular flexibility index (Phi) is 3.46. The molecule has 5 heteroatoms. The van der Waals surface area contributed by atoms with Gasteiger partial charge in [-0.3, -0.25) is 4.79 Å². The zero-order valence-electron chi connectivity index (χ0n) is 9.10. The number of nitrogens with zero attached hydrogens (tertiary/aromatic N) is 2. The number of aromatic nitrogens is 2. The van der Waals surface area contributed by atoms with Crippen LogP contribution in [-0.2, 0) is 0 Å². The predicted octanol–water partition coefficient (Wildman–Crippen LogP) is 0.334. The number of nitrogens with two attached hydrogens (primary N) is 1. The number of carbonyl (C=O) groups is 1. The summed E-state index contributed by atoms with van der Waals surface area (Å²) in [5.41, 5.74) is 6.36. The molecule has 1 aliphatic rings. The fourth-order valence-electron chi connectivity index (χ4n) is 2.06. The van der Waals surface area contributed by atoms with Crippen LogP contribution in [0.1, 0.15) is 29.6 Å². The van der Waals surface area contributed by atoms with Crippen molar-refractivity contribution in [2.45, 2.75) is 25.3 Å². The van der Waals surface area contributed by atoms with Crippen LogP contribution in [0.5, 0.6) is 0 Å². The summed E-state index contributed by atoms with van der Waals surface area (Å²) in [4.78, 5) is 11.7. The van der Waals surface area contributed by atoms with Gasteiger partial charge in [-0.05, 0) is 31.2 Å². The lowest BCUT2D eigenvalue weighted by Gasteiger charge is -2.10. The number of carbonyl (C=O) groups excluding carboxylic acids is 1. The molecule has 86 valence electrons. The summed E-state index contributed by atoms with van der Waals surface area (Å²) in [6, 6.07) is 1.97. The summed E-state index contributed by atoms with van der Waals surface area (Å²) in [6.45, 7) is 0.703. The van der Waals surface area contributed by atoms with E-state index in [1.165, 1.54) is 12.4 Å². The van der Waals surface area contributed by atoms with Gasteiger partial charge in [-0.2, -0.15) is 10.2 Å². The van der Waals surface area contributed by atoms with Crippen molar-refractivity contribution in [3.8, 4) is 0 Å². The fourth-order valence-corrected chi connectivity index (χ4v) is 2.06. The van der Waals surface area contributed by atoms with Crippen LogP contribution in [0, 0.1) is 5.92 Å². The molecule has 1 amide bonds. The van der Waals surface area contributed by atoms with Crippen LogP contribution in [-0.4, -0.2) is 28.7 Å². The van der Waals surface area contributed by atoms with Gasteiger partial charge in [0.1, 0.15) is 0 Å². The largest absolute Gasteiger partial charge is 0.352 e. The summed E-state index contributed by atoms with van der Waals surface area (Å²) < 4.78 is 0. The Morgan fingerprint density at radius 3 is 3.00 bits per heavy atom. The maximum Gasteiger partial charge on any atom is 0.252 e. The number of hydrogen-bond donors (Lipinski definition) is 2. The van der Waals surface area contributed by atoms with E-state index in [1.807, 2.05) is 0 Å². The molecule has 3 N–H and O–H groups in total. The molecule has 1 aromatic heterocycles. The van der Waals surface area contributed by atoms with E-state index in [0.29, 0.717) is 24.1 Å². The molecule has 1 saturated carbocycles. The van der Waals surface area contributed by atoms with Crippen molar-refractivity contribution < 1.29 is 4.79 Å². The van der Waals surface area contributed by atoms with Crippen LogP contribution in [0.2, 0.25) is 0 Å². The first kappa shape index (κ1) is 11.0. The highest BCUT2D eigenvalue weighted by atomic mass is 16.1. The maximum absolute atomic E-state index is 11.7. The molecule has 16 heavy (non-hydrogen) atoms. The number of rotatable bonds is 3. The van der Waals surface area contributed by atoms with Gasteiger partial charge in [-0.25, -0.2) is 0 Å². The Balaban J connectivity index is 1.80. The van der Waals surface area contributed by atoms with E-state index in [4.69, 9.17) is 5.73 Å². The molecule has 0 saturated heterocycles. The number of nitrogens with one attached hydrogen (secondary N) is 1. The molecule has 0 radical (unpaired) electrons. The predicted molar refractivity (Wildman–Crippen MR) is 59.7 cm³/mol. The Morgan fingerprint density at radius 2 is 2.38 bits per heavy atom. The molecule has 0 spiro atoms.